The Morgan fingerprint density at radius 1 is 1.56 bits per heavy atom. The highest BCUT2D eigenvalue weighted by Gasteiger charge is 2.16. The second-order valence-electron chi connectivity index (χ2n) is 4.89. The molecule has 0 aliphatic carbocycles. The minimum atomic E-state index is -0.342. The van der Waals surface area contributed by atoms with Gasteiger partial charge in [0.25, 0.3) is 0 Å². The lowest BCUT2D eigenvalue weighted by molar-refractivity contribution is 0.0952. The zero-order chi connectivity index (χ0) is 12.2. The molecule has 0 saturated heterocycles. The Hall–Kier alpha value is -1.34. The molecule has 0 N–H and O–H groups in total. The maximum absolute atomic E-state index is 8.55. The first kappa shape index (κ1) is 12.7. The van der Waals surface area contributed by atoms with E-state index in [1.165, 1.54) is 0 Å². The molecule has 0 aliphatic rings. The monoisotopic (exact) mass is 221 g/mol. The van der Waals surface area contributed by atoms with Crippen molar-refractivity contribution in [1.29, 1.82) is 5.26 Å². The van der Waals surface area contributed by atoms with Gasteiger partial charge in [0.1, 0.15) is 6.10 Å². The summed E-state index contributed by atoms with van der Waals surface area (Å²) in [6.45, 7) is 9.41. The summed E-state index contributed by atoms with van der Waals surface area (Å²) in [5.74, 6) is 0. The van der Waals surface area contributed by atoms with Crippen molar-refractivity contribution >= 4 is 0 Å². The molecule has 16 heavy (non-hydrogen) atoms. The lowest BCUT2D eigenvalue weighted by atomic mass is 9.93. The number of imidazole rings is 1. The lowest BCUT2D eigenvalue weighted by Gasteiger charge is -2.14. The van der Waals surface area contributed by atoms with Crippen LogP contribution in [0.5, 0.6) is 0 Å². The third-order valence-electron chi connectivity index (χ3n) is 2.30. The fourth-order valence-corrected chi connectivity index (χ4v) is 1.24. The largest absolute Gasteiger partial charge is 0.362 e. The molecule has 0 saturated carbocycles. The van der Waals surface area contributed by atoms with E-state index < -0.39 is 0 Å². The van der Waals surface area contributed by atoms with Gasteiger partial charge >= 0.3 is 0 Å². The van der Waals surface area contributed by atoms with Crippen LogP contribution in [0.4, 0.5) is 0 Å². The van der Waals surface area contributed by atoms with E-state index in [0.717, 1.165) is 12.2 Å². The topological polar surface area (TPSA) is 50.8 Å². The van der Waals surface area contributed by atoms with Crippen LogP contribution in [0.3, 0.4) is 0 Å². The molecule has 1 heterocycles. The molecule has 1 aromatic rings. The lowest BCUT2D eigenvalue weighted by Crippen LogP contribution is -2.12. The molecule has 1 aromatic heterocycles. The normalized spacial score (nSPS) is 13.4. The van der Waals surface area contributed by atoms with Crippen molar-refractivity contribution in [3.63, 3.8) is 0 Å². The van der Waals surface area contributed by atoms with Crippen molar-refractivity contribution in [2.75, 3.05) is 6.61 Å². The van der Waals surface area contributed by atoms with Gasteiger partial charge < -0.3 is 9.30 Å². The van der Waals surface area contributed by atoms with E-state index in [0.29, 0.717) is 6.61 Å². The van der Waals surface area contributed by atoms with Gasteiger partial charge in [-0.3, -0.25) is 0 Å². The molecule has 0 radical (unpaired) electrons. The van der Waals surface area contributed by atoms with Gasteiger partial charge in [-0.05, 0) is 6.92 Å². The summed E-state index contributed by atoms with van der Waals surface area (Å²) in [5.41, 5.74) is 1.15. The smallest absolute Gasteiger partial charge is 0.141 e. The van der Waals surface area contributed by atoms with Crippen LogP contribution in [0.25, 0.3) is 0 Å². The average molecular weight is 221 g/mol. The average Bonchev–Trinajstić information content (AvgIpc) is 2.65. The molecule has 1 rings (SSSR count). The number of nitriles is 1. The number of hydrogen-bond acceptors (Lipinski definition) is 3. The molecule has 0 aromatic carbocycles. The molecule has 0 bridgehead atoms. The van der Waals surface area contributed by atoms with Crippen molar-refractivity contribution in [2.45, 2.75) is 45.8 Å². The number of rotatable bonds is 4. The van der Waals surface area contributed by atoms with Gasteiger partial charge in [0.2, 0.25) is 0 Å². The summed E-state index contributed by atoms with van der Waals surface area (Å²) < 4.78 is 7.27. The molecular formula is C12H19N3O. The molecule has 1 atom stereocenters. The SMILES string of the molecule is CC(C#N)OCCn1cnc(C(C)(C)C)c1. The number of hydrogen-bond donors (Lipinski definition) is 0. The predicted molar refractivity (Wildman–Crippen MR) is 62.0 cm³/mol. The number of aromatic nitrogens is 2. The molecule has 0 aliphatic heterocycles. The highest BCUT2D eigenvalue weighted by atomic mass is 16.5. The van der Waals surface area contributed by atoms with Crippen LogP contribution in [0.1, 0.15) is 33.4 Å². The minimum Gasteiger partial charge on any atom is -0.362 e. The van der Waals surface area contributed by atoms with E-state index in [4.69, 9.17) is 10.00 Å². The zero-order valence-electron chi connectivity index (χ0n) is 10.4. The minimum absolute atomic E-state index is 0.0754. The van der Waals surface area contributed by atoms with Gasteiger partial charge in [0, 0.05) is 18.2 Å². The Bertz CT molecular complexity index is 370. The van der Waals surface area contributed by atoms with Crippen LogP contribution in [-0.2, 0) is 16.7 Å². The fraction of sp³-hybridized carbons (Fsp3) is 0.667. The first-order chi connectivity index (χ1) is 7.43. The molecule has 88 valence electrons. The van der Waals surface area contributed by atoms with E-state index in [1.54, 1.807) is 13.3 Å². The van der Waals surface area contributed by atoms with Crippen LogP contribution in [0.15, 0.2) is 12.5 Å². The summed E-state index contributed by atoms with van der Waals surface area (Å²) in [4.78, 5) is 4.35. The maximum atomic E-state index is 8.55. The standard InChI is InChI=1S/C12H19N3O/c1-10(7-13)16-6-5-15-8-11(14-9-15)12(2,3)4/h8-10H,5-6H2,1-4H3. The van der Waals surface area contributed by atoms with Crippen molar-refractivity contribution in [1.82, 2.24) is 9.55 Å². The molecule has 4 nitrogen and oxygen atoms in total. The fourth-order valence-electron chi connectivity index (χ4n) is 1.24. The van der Waals surface area contributed by atoms with Crippen LogP contribution >= 0.6 is 0 Å². The summed E-state index contributed by atoms with van der Waals surface area (Å²) in [5, 5.41) is 8.55. The first-order valence-electron chi connectivity index (χ1n) is 5.47. The third kappa shape index (κ3) is 3.67. The Morgan fingerprint density at radius 2 is 2.25 bits per heavy atom. The van der Waals surface area contributed by atoms with E-state index in [2.05, 4.69) is 25.8 Å². The number of ether oxygens (including phenoxy) is 1. The van der Waals surface area contributed by atoms with E-state index in [9.17, 15) is 0 Å². The molecule has 0 fully saturated rings. The Balaban J connectivity index is 2.45. The summed E-state index contributed by atoms with van der Waals surface area (Å²) >= 11 is 0. The summed E-state index contributed by atoms with van der Waals surface area (Å²) in [7, 11) is 0. The predicted octanol–water partition coefficient (Wildman–Crippen LogP) is 2.11. The van der Waals surface area contributed by atoms with E-state index in [-0.39, 0.29) is 11.5 Å². The Kier molecular flexibility index (Phi) is 4.08. The summed E-state index contributed by atoms with van der Waals surface area (Å²) in [6.07, 6.45) is 3.49. The van der Waals surface area contributed by atoms with Crippen molar-refractivity contribution < 1.29 is 4.74 Å². The highest BCUT2D eigenvalue weighted by molar-refractivity contribution is 5.08. The second-order valence-corrected chi connectivity index (χ2v) is 4.89. The van der Waals surface area contributed by atoms with Crippen LogP contribution < -0.4 is 0 Å². The molecule has 0 amide bonds. The molecular weight excluding hydrogens is 202 g/mol. The highest BCUT2D eigenvalue weighted by Crippen LogP contribution is 2.19. The van der Waals surface area contributed by atoms with Crippen molar-refractivity contribution in [3.8, 4) is 6.07 Å². The van der Waals surface area contributed by atoms with Crippen LogP contribution in [0, 0.1) is 11.3 Å². The molecule has 4 heteroatoms. The Morgan fingerprint density at radius 3 is 2.75 bits per heavy atom. The quantitative estimate of drug-likeness (QED) is 0.782. The van der Waals surface area contributed by atoms with Gasteiger partial charge in [-0.15, -0.1) is 0 Å². The van der Waals surface area contributed by atoms with E-state index >= 15 is 0 Å². The third-order valence-corrected chi connectivity index (χ3v) is 2.30. The second kappa shape index (κ2) is 5.13. The van der Waals surface area contributed by atoms with Gasteiger partial charge in [0.05, 0.1) is 24.7 Å². The van der Waals surface area contributed by atoms with Crippen LogP contribution in [-0.4, -0.2) is 22.3 Å². The zero-order valence-corrected chi connectivity index (χ0v) is 10.4. The molecule has 0 spiro atoms. The summed E-state index contributed by atoms with van der Waals surface area (Å²) in [6, 6.07) is 2.03. The van der Waals surface area contributed by atoms with Crippen molar-refractivity contribution in [3.05, 3.63) is 18.2 Å². The number of nitrogens with zero attached hydrogens (tertiary/aromatic N) is 3. The van der Waals surface area contributed by atoms with Gasteiger partial charge in [0.15, 0.2) is 0 Å². The Labute approximate surface area is 96.9 Å². The van der Waals surface area contributed by atoms with Crippen molar-refractivity contribution in [2.24, 2.45) is 0 Å². The van der Waals surface area contributed by atoms with E-state index in [1.807, 2.05) is 16.8 Å². The first-order valence-corrected chi connectivity index (χ1v) is 5.47. The van der Waals surface area contributed by atoms with Gasteiger partial charge in [-0.1, -0.05) is 20.8 Å². The van der Waals surface area contributed by atoms with Gasteiger partial charge in [-0.2, -0.15) is 5.26 Å². The van der Waals surface area contributed by atoms with Gasteiger partial charge in [-0.25, -0.2) is 4.98 Å². The van der Waals surface area contributed by atoms with Crippen LogP contribution in [0.2, 0.25) is 0 Å². The maximum Gasteiger partial charge on any atom is 0.141 e. The molecule has 1 unspecified atom stereocenters.